The summed E-state index contributed by atoms with van der Waals surface area (Å²) in [6, 6.07) is 5.68. The van der Waals surface area contributed by atoms with Crippen LogP contribution in [0.5, 0.6) is 0 Å². The van der Waals surface area contributed by atoms with Gasteiger partial charge < -0.3 is 4.57 Å². The lowest BCUT2D eigenvalue weighted by Crippen LogP contribution is -2.08. The van der Waals surface area contributed by atoms with E-state index in [1.54, 1.807) is 24.0 Å². The number of unbranched alkanes of at least 4 members (excludes halogenated alkanes) is 3. The largest absolute Gasteiger partial charge is 0.336 e. The van der Waals surface area contributed by atoms with Crippen molar-refractivity contribution in [1.82, 2.24) is 9.55 Å². The first kappa shape index (κ1) is 19.8. The van der Waals surface area contributed by atoms with Crippen molar-refractivity contribution >= 4 is 51.4 Å². The van der Waals surface area contributed by atoms with Crippen LogP contribution in [0.4, 0.5) is 0 Å². The molecule has 130 valence electrons. The fourth-order valence-electron chi connectivity index (χ4n) is 2.46. The number of aromatic nitrogens is 2. The van der Waals surface area contributed by atoms with E-state index in [4.69, 9.17) is 35.4 Å². The molecule has 1 unspecified atom stereocenters. The zero-order chi connectivity index (χ0) is 17.4. The second-order valence-electron chi connectivity index (χ2n) is 5.71. The Kier molecular flexibility index (Phi) is 8.60. The van der Waals surface area contributed by atoms with Crippen molar-refractivity contribution in [1.29, 1.82) is 0 Å². The summed E-state index contributed by atoms with van der Waals surface area (Å²) in [5, 5.41) is 1.49. The minimum absolute atomic E-state index is 0.155. The summed E-state index contributed by atoms with van der Waals surface area (Å²) in [6.45, 7) is 3.00. The minimum Gasteiger partial charge on any atom is -0.336 e. The molecule has 24 heavy (non-hydrogen) atoms. The first-order chi connectivity index (χ1) is 11.6. The minimum atomic E-state index is 0.155. The number of rotatable bonds is 9. The summed E-state index contributed by atoms with van der Waals surface area (Å²) < 4.78 is 3.10. The monoisotopic (exact) mass is 400 g/mol. The molecule has 1 aromatic heterocycles. The Bertz CT molecular complexity index is 644. The van der Waals surface area contributed by atoms with E-state index < -0.39 is 0 Å². The van der Waals surface area contributed by atoms with Gasteiger partial charge in [0.1, 0.15) is 0 Å². The van der Waals surface area contributed by atoms with E-state index in [0.717, 1.165) is 29.1 Å². The molecule has 0 fully saturated rings. The van der Waals surface area contributed by atoms with Crippen molar-refractivity contribution < 1.29 is 0 Å². The average Bonchev–Trinajstić information content (AvgIpc) is 3.04. The highest BCUT2D eigenvalue weighted by Crippen LogP contribution is 2.38. The third kappa shape index (κ3) is 6.40. The summed E-state index contributed by atoms with van der Waals surface area (Å²) in [4.78, 5) is 4.12. The van der Waals surface area contributed by atoms with Crippen molar-refractivity contribution in [2.45, 2.75) is 50.8 Å². The Labute approximate surface area is 164 Å². The first-order valence-corrected chi connectivity index (χ1v) is 10.2. The maximum atomic E-state index is 6.43. The summed E-state index contributed by atoms with van der Waals surface area (Å²) >= 11 is 19.8. The Hall–Kier alpha value is -0.550. The number of thioether (sulfide) groups is 1. The van der Waals surface area contributed by atoms with Crippen molar-refractivity contribution in [2.75, 3.05) is 0 Å². The topological polar surface area (TPSA) is 17.8 Å². The van der Waals surface area contributed by atoms with Crippen LogP contribution < -0.4 is 0 Å². The van der Waals surface area contributed by atoms with Crippen molar-refractivity contribution in [3.63, 3.8) is 0 Å². The molecule has 1 heterocycles. The molecule has 6 heteroatoms. The summed E-state index contributed by atoms with van der Waals surface area (Å²) in [5.74, 6) is 0. The third-order valence-electron chi connectivity index (χ3n) is 3.75. The summed E-state index contributed by atoms with van der Waals surface area (Å²) in [6.07, 6.45) is 11.5. The van der Waals surface area contributed by atoms with E-state index in [1.165, 1.54) is 19.3 Å². The van der Waals surface area contributed by atoms with E-state index in [0.29, 0.717) is 10.0 Å². The van der Waals surface area contributed by atoms with Crippen molar-refractivity contribution in [3.05, 3.63) is 52.5 Å². The number of nitrogens with zero attached hydrogens (tertiary/aromatic N) is 2. The molecule has 2 aromatic rings. The molecule has 0 aliphatic rings. The van der Waals surface area contributed by atoms with Crippen LogP contribution in [0.15, 0.2) is 36.9 Å². The normalized spacial score (nSPS) is 12.3. The lowest BCUT2D eigenvalue weighted by molar-refractivity contribution is 0.681. The van der Waals surface area contributed by atoms with Gasteiger partial charge in [0.05, 0.1) is 11.6 Å². The van der Waals surface area contributed by atoms with E-state index >= 15 is 0 Å². The van der Waals surface area contributed by atoms with Crippen LogP contribution in [-0.2, 0) is 6.54 Å². The maximum absolute atomic E-state index is 6.43. The molecule has 2 rings (SSSR count). The molecule has 1 aromatic carbocycles. The highest BCUT2D eigenvalue weighted by molar-refractivity contribution is 8.23. The summed E-state index contributed by atoms with van der Waals surface area (Å²) in [5.41, 5.74) is 1.07. The van der Waals surface area contributed by atoms with Gasteiger partial charge in [0.25, 0.3) is 0 Å². The average molecular weight is 401 g/mol. The molecule has 2 nitrogen and oxygen atoms in total. The molecule has 0 N–H and O–H groups in total. The molecule has 0 saturated carbocycles. The van der Waals surface area contributed by atoms with Gasteiger partial charge in [0.2, 0.25) is 0 Å². The van der Waals surface area contributed by atoms with Gasteiger partial charge in [0, 0.05) is 33.2 Å². The molecule has 0 spiro atoms. The Morgan fingerprint density at radius 1 is 1.29 bits per heavy atom. The molecular weight excluding hydrogens is 379 g/mol. The molecule has 0 saturated heterocycles. The highest BCUT2D eigenvalue weighted by atomic mass is 35.5. The number of hydrogen-bond acceptors (Lipinski definition) is 3. The Morgan fingerprint density at radius 2 is 2.12 bits per heavy atom. The van der Waals surface area contributed by atoms with Crippen LogP contribution in [0.2, 0.25) is 10.0 Å². The number of imidazole rings is 1. The van der Waals surface area contributed by atoms with Crippen molar-refractivity contribution in [2.24, 2.45) is 0 Å². The van der Waals surface area contributed by atoms with Crippen LogP contribution in [0.25, 0.3) is 0 Å². The van der Waals surface area contributed by atoms with Crippen LogP contribution in [0.3, 0.4) is 0 Å². The molecule has 1 atom stereocenters. The van der Waals surface area contributed by atoms with Gasteiger partial charge in [-0.05, 0) is 30.5 Å². The molecule has 0 radical (unpaired) electrons. The van der Waals surface area contributed by atoms with Crippen LogP contribution in [0, 0.1) is 0 Å². The third-order valence-corrected chi connectivity index (χ3v) is 5.96. The quantitative estimate of drug-likeness (QED) is 0.334. The van der Waals surface area contributed by atoms with Crippen molar-refractivity contribution in [3.8, 4) is 0 Å². The highest BCUT2D eigenvalue weighted by Gasteiger charge is 2.18. The summed E-state index contributed by atoms with van der Waals surface area (Å²) in [7, 11) is 0. The van der Waals surface area contributed by atoms with E-state index in [-0.39, 0.29) is 5.25 Å². The number of thiocarbonyl (C=S) groups is 1. The van der Waals surface area contributed by atoms with Gasteiger partial charge in [-0.15, -0.1) is 11.8 Å². The zero-order valence-electron chi connectivity index (χ0n) is 13.8. The second-order valence-corrected chi connectivity index (χ2v) is 8.61. The van der Waals surface area contributed by atoms with Gasteiger partial charge in [-0.1, -0.05) is 67.7 Å². The molecule has 0 aliphatic carbocycles. The smallest absolute Gasteiger partial charge is 0.0946 e. The molecule has 0 aliphatic heterocycles. The van der Waals surface area contributed by atoms with Crippen LogP contribution in [0.1, 0.15) is 49.8 Å². The van der Waals surface area contributed by atoms with E-state index in [1.807, 2.05) is 24.7 Å². The zero-order valence-corrected chi connectivity index (χ0v) is 16.9. The van der Waals surface area contributed by atoms with E-state index in [9.17, 15) is 0 Å². The van der Waals surface area contributed by atoms with E-state index in [2.05, 4.69) is 16.5 Å². The lowest BCUT2D eigenvalue weighted by atomic mass is 10.1. The second kappa shape index (κ2) is 10.4. The number of hydrogen-bond donors (Lipinski definition) is 0. The van der Waals surface area contributed by atoms with Gasteiger partial charge in [-0.3, -0.25) is 0 Å². The SMILES string of the molecule is CCCCCCC(=S)SC(Cn1ccnc1)c1ccc(Cl)cc1Cl. The maximum Gasteiger partial charge on any atom is 0.0946 e. The fraction of sp³-hybridized carbons (Fsp3) is 0.444. The predicted octanol–water partition coefficient (Wildman–Crippen LogP) is 6.96. The Morgan fingerprint density at radius 3 is 2.79 bits per heavy atom. The fourth-order valence-corrected chi connectivity index (χ4v) is 4.72. The van der Waals surface area contributed by atoms with Gasteiger partial charge in [-0.25, -0.2) is 4.98 Å². The van der Waals surface area contributed by atoms with Gasteiger partial charge in [0.15, 0.2) is 0 Å². The molecule has 0 bridgehead atoms. The van der Waals surface area contributed by atoms with Gasteiger partial charge >= 0.3 is 0 Å². The van der Waals surface area contributed by atoms with Crippen LogP contribution in [-0.4, -0.2) is 13.7 Å². The number of benzene rings is 1. The van der Waals surface area contributed by atoms with Gasteiger partial charge in [-0.2, -0.15) is 0 Å². The molecular formula is C18H22Cl2N2S2. The Balaban J connectivity index is 2.06. The standard InChI is InChI=1S/C18H22Cl2N2S2/c1-2-3-4-5-6-18(23)24-17(12-22-10-9-21-13-22)15-8-7-14(19)11-16(15)20/h7-11,13,17H,2-6,12H2,1H3. The first-order valence-electron chi connectivity index (χ1n) is 8.20. The van der Waals surface area contributed by atoms with Crippen LogP contribution >= 0.6 is 47.2 Å². The molecule has 0 amide bonds. The number of halogens is 2. The lowest BCUT2D eigenvalue weighted by Gasteiger charge is -2.19. The predicted molar refractivity (Wildman–Crippen MR) is 110 cm³/mol.